The van der Waals surface area contributed by atoms with Crippen molar-refractivity contribution in [2.24, 2.45) is 0 Å². The number of aromatic amines is 1. The van der Waals surface area contributed by atoms with Crippen LogP contribution < -0.4 is 10.3 Å². The van der Waals surface area contributed by atoms with Crippen molar-refractivity contribution in [1.82, 2.24) is 24.3 Å². The van der Waals surface area contributed by atoms with Gasteiger partial charge in [0.25, 0.3) is 5.56 Å². The zero-order valence-electron chi connectivity index (χ0n) is 17.9. The fourth-order valence-corrected chi connectivity index (χ4v) is 3.31. The van der Waals surface area contributed by atoms with Crippen LogP contribution in [0.5, 0.6) is 5.75 Å². The van der Waals surface area contributed by atoms with E-state index in [4.69, 9.17) is 9.47 Å². The van der Waals surface area contributed by atoms with Crippen LogP contribution in [0.4, 0.5) is 8.78 Å². The fraction of sp³-hybridized carbons (Fsp3) is 0.238. The molecular weight excluding hydrogens is 567 g/mol. The summed E-state index contributed by atoms with van der Waals surface area (Å²) in [7, 11) is 6.34. The Balaban J connectivity index is 0.00000149. The molecule has 0 unspecified atom stereocenters. The molecule has 0 aliphatic rings. The first-order chi connectivity index (χ1) is 15.9. The highest BCUT2D eigenvalue weighted by Gasteiger charge is 2.17. The van der Waals surface area contributed by atoms with E-state index in [1.54, 1.807) is 23.0 Å². The van der Waals surface area contributed by atoms with Crippen LogP contribution in [-0.4, -0.2) is 38.6 Å². The number of thiol groups is 1. The van der Waals surface area contributed by atoms with E-state index in [9.17, 15) is 13.6 Å². The van der Waals surface area contributed by atoms with E-state index >= 15 is 0 Å². The molecule has 12 heteroatoms. The highest BCUT2D eigenvalue weighted by Crippen LogP contribution is 2.22. The average Bonchev–Trinajstić information content (AvgIpc) is 3.28. The summed E-state index contributed by atoms with van der Waals surface area (Å²) >= 11 is 1.84. The van der Waals surface area contributed by atoms with Crippen molar-refractivity contribution >= 4 is 36.7 Å². The van der Waals surface area contributed by atoms with Crippen LogP contribution in [0.25, 0.3) is 17.2 Å². The van der Waals surface area contributed by atoms with Gasteiger partial charge in [-0.3, -0.25) is 4.79 Å². The molecule has 0 aliphatic carbocycles. The number of hydrogen-bond acceptors (Lipinski definition) is 7. The monoisotopic (exact) mass is 587 g/mol. The Labute approximate surface area is 205 Å². The fourth-order valence-electron chi connectivity index (χ4n) is 3.31. The Kier molecular flexibility index (Phi) is 8.37. The number of benzene rings is 1. The van der Waals surface area contributed by atoms with Gasteiger partial charge in [-0.15, -0.1) is 9.80 Å². The number of H-pyrrole nitrogens is 1. The molecule has 0 saturated heterocycles. The van der Waals surface area contributed by atoms with Gasteiger partial charge in [-0.25, -0.2) is 23.7 Å². The molecule has 0 amide bonds. The maximum Gasteiger partial charge on any atom is 0.293 e. The Morgan fingerprint density at radius 2 is 1.91 bits per heavy atom. The SMILES string of the molecule is COCc1nc(-c2cn3ccnc3c(Cc3cc(F)c(C)cc3F)n2)[nH]c(=O)c1OC.SI. The number of nitrogens with one attached hydrogen (secondary N) is 1. The Hall–Kier alpha value is -2.58. The van der Waals surface area contributed by atoms with Crippen LogP contribution in [0.2, 0.25) is 0 Å². The number of imidazole rings is 1. The zero-order chi connectivity index (χ0) is 24.1. The third kappa shape index (κ3) is 5.33. The number of aromatic nitrogens is 5. The van der Waals surface area contributed by atoms with Crippen LogP contribution in [0.15, 0.2) is 35.5 Å². The molecule has 174 valence electrons. The molecule has 4 aromatic rings. The van der Waals surface area contributed by atoms with Gasteiger partial charge in [0.05, 0.1) is 19.4 Å². The molecule has 3 aromatic heterocycles. The number of methoxy groups -OCH3 is 2. The van der Waals surface area contributed by atoms with Crippen molar-refractivity contribution in [2.45, 2.75) is 20.0 Å². The van der Waals surface area contributed by atoms with Crippen LogP contribution in [0, 0.1) is 18.6 Å². The molecule has 33 heavy (non-hydrogen) atoms. The number of halogens is 3. The second-order valence-corrected chi connectivity index (χ2v) is 6.93. The summed E-state index contributed by atoms with van der Waals surface area (Å²) in [6, 6.07) is 2.31. The molecule has 0 radical (unpaired) electrons. The first kappa shape index (κ1) is 25.1. The van der Waals surface area contributed by atoms with Gasteiger partial charge in [0.1, 0.15) is 23.0 Å². The molecule has 0 saturated carbocycles. The van der Waals surface area contributed by atoms with E-state index in [1.165, 1.54) is 21.1 Å². The van der Waals surface area contributed by atoms with Gasteiger partial charge in [-0.05, 0) is 51.4 Å². The highest BCUT2D eigenvalue weighted by molar-refractivity contribution is 14.2. The minimum atomic E-state index is -0.533. The molecule has 1 N–H and O–H groups in total. The lowest BCUT2D eigenvalue weighted by atomic mass is 10.1. The topological polar surface area (TPSA) is 94.4 Å². The standard InChI is InChI=1S/C21H19F2N5O3.HIS/c1-11-6-14(23)12(7-13(11)22)8-15-20-24-4-5-28(20)9-16(25-15)19-26-17(10-30-2)18(31-3)21(29)27-19;1-2/h4-7,9H,8,10H2,1-3H3,(H,26,27,29);2H. The number of aryl methyl sites for hydroxylation is 1. The highest BCUT2D eigenvalue weighted by atomic mass is 127. The van der Waals surface area contributed by atoms with Crippen molar-refractivity contribution in [1.29, 1.82) is 0 Å². The molecular formula is C21H20F2IN5O3S. The quantitative estimate of drug-likeness (QED) is 0.261. The Morgan fingerprint density at radius 1 is 1.15 bits per heavy atom. The molecule has 0 bridgehead atoms. The van der Waals surface area contributed by atoms with Crippen LogP contribution in [0.3, 0.4) is 0 Å². The number of rotatable bonds is 6. The predicted octanol–water partition coefficient (Wildman–Crippen LogP) is 4.08. The predicted molar refractivity (Wildman–Crippen MR) is 131 cm³/mol. The van der Waals surface area contributed by atoms with Gasteiger partial charge in [-0.1, -0.05) is 0 Å². The maximum absolute atomic E-state index is 14.4. The summed E-state index contributed by atoms with van der Waals surface area (Å²) in [6.45, 7) is 1.56. The molecule has 4 rings (SSSR count). The summed E-state index contributed by atoms with van der Waals surface area (Å²) in [4.78, 5) is 28.3. The van der Waals surface area contributed by atoms with Crippen molar-refractivity contribution in [2.75, 3.05) is 14.2 Å². The molecule has 0 aliphatic heterocycles. The summed E-state index contributed by atoms with van der Waals surface area (Å²) in [5.74, 6) is -0.802. The van der Waals surface area contributed by atoms with Gasteiger partial charge in [-0.2, -0.15) is 0 Å². The third-order valence-electron chi connectivity index (χ3n) is 4.80. The first-order valence-corrected chi connectivity index (χ1v) is 12.7. The van der Waals surface area contributed by atoms with E-state index in [1.807, 2.05) is 21.2 Å². The number of nitrogens with zero attached hydrogens (tertiary/aromatic N) is 4. The lowest BCUT2D eigenvalue weighted by molar-refractivity contribution is 0.177. The Morgan fingerprint density at radius 3 is 2.61 bits per heavy atom. The van der Waals surface area contributed by atoms with E-state index < -0.39 is 17.2 Å². The average molecular weight is 587 g/mol. The maximum atomic E-state index is 14.4. The van der Waals surface area contributed by atoms with Crippen LogP contribution in [0.1, 0.15) is 22.5 Å². The first-order valence-electron chi connectivity index (χ1n) is 9.51. The third-order valence-corrected chi connectivity index (χ3v) is 4.80. The van der Waals surface area contributed by atoms with Gasteiger partial charge < -0.3 is 18.9 Å². The minimum absolute atomic E-state index is 0.00268. The minimum Gasteiger partial charge on any atom is -0.490 e. The molecule has 0 fully saturated rings. The smallest absolute Gasteiger partial charge is 0.293 e. The van der Waals surface area contributed by atoms with Gasteiger partial charge >= 0.3 is 0 Å². The van der Waals surface area contributed by atoms with E-state index in [0.29, 0.717) is 22.7 Å². The number of hydrogen-bond donors (Lipinski definition) is 2. The zero-order valence-corrected chi connectivity index (χ0v) is 20.9. The lowest BCUT2D eigenvalue weighted by Gasteiger charge is -2.11. The largest absolute Gasteiger partial charge is 0.490 e. The second-order valence-electron chi connectivity index (χ2n) is 6.93. The van der Waals surface area contributed by atoms with Crippen LogP contribution >= 0.6 is 31.0 Å². The van der Waals surface area contributed by atoms with Crippen molar-refractivity contribution in [3.63, 3.8) is 0 Å². The van der Waals surface area contributed by atoms with E-state index in [0.717, 1.165) is 12.1 Å². The van der Waals surface area contributed by atoms with Gasteiger partial charge in [0.15, 0.2) is 11.5 Å². The van der Waals surface area contributed by atoms with Gasteiger partial charge in [0.2, 0.25) is 5.75 Å². The molecule has 1 aromatic carbocycles. The van der Waals surface area contributed by atoms with Crippen molar-refractivity contribution in [3.05, 3.63) is 75.2 Å². The van der Waals surface area contributed by atoms with E-state index in [2.05, 4.69) is 29.7 Å². The second kappa shape index (κ2) is 11.0. The summed E-state index contributed by atoms with van der Waals surface area (Å²) in [5.41, 5.74) is 1.40. The Bertz CT molecular complexity index is 1350. The summed E-state index contributed by atoms with van der Waals surface area (Å²) in [6.07, 6.45) is 4.90. The summed E-state index contributed by atoms with van der Waals surface area (Å²) in [5, 5.41) is 0. The van der Waals surface area contributed by atoms with Crippen LogP contribution in [-0.2, 0) is 17.8 Å². The van der Waals surface area contributed by atoms with Crippen molar-refractivity contribution in [3.8, 4) is 17.3 Å². The van der Waals surface area contributed by atoms with Crippen molar-refractivity contribution < 1.29 is 18.3 Å². The molecule has 8 nitrogen and oxygen atoms in total. The van der Waals surface area contributed by atoms with Gasteiger partial charge in [0, 0.05) is 32.1 Å². The number of ether oxygens (including phenoxy) is 2. The molecule has 0 atom stereocenters. The lowest BCUT2D eigenvalue weighted by Crippen LogP contribution is -2.16. The van der Waals surface area contributed by atoms with E-state index in [-0.39, 0.29) is 35.7 Å². The molecule has 3 heterocycles. The normalized spacial score (nSPS) is 10.8. The molecule has 0 spiro atoms. The summed E-state index contributed by atoms with van der Waals surface area (Å²) < 4.78 is 40.3. The number of fused-ring (bicyclic) bond motifs is 1.